The standard InChI is InChI=1S/C19H25NO4/c1-20(12-16(21)14-23-18-8-4-2-5-9-18)13-17(22)15-24-19-10-6-3-7-11-19/h2-11,16-17,21-22H,12-15H2,1H3. The van der Waals surface area contributed by atoms with Crippen LogP contribution in [0, 0.1) is 0 Å². The summed E-state index contributed by atoms with van der Waals surface area (Å²) in [6.45, 7) is 1.25. The van der Waals surface area contributed by atoms with Gasteiger partial charge in [0, 0.05) is 13.1 Å². The first-order chi connectivity index (χ1) is 11.6. The van der Waals surface area contributed by atoms with Crippen LogP contribution in [-0.4, -0.2) is 60.7 Å². The number of hydrogen-bond acceptors (Lipinski definition) is 5. The number of likely N-dealkylation sites (N-methyl/N-ethyl adjacent to an activating group) is 1. The fourth-order valence-corrected chi connectivity index (χ4v) is 2.32. The van der Waals surface area contributed by atoms with Crippen LogP contribution in [0.1, 0.15) is 0 Å². The van der Waals surface area contributed by atoms with Gasteiger partial charge in [0.1, 0.15) is 36.9 Å². The van der Waals surface area contributed by atoms with E-state index in [9.17, 15) is 10.2 Å². The number of hydrogen-bond donors (Lipinski definition) is 2. The molecule has 0 aliphatic rings. The summed E-state index contributed by atoms with van der Waals surface area (Å²) in [5.74, 6) is 1.46. The summed E-state index contributed by atoms with van der Waals surface area (Å²) < 4.78 is 11.0. The van der Waals surface area contributed by atoms with E-state index in [2.05, 4.69) is 0 Å². The van der Waals surface area contributed by atoms with Gasteiger partial charge in [-0.05, 0) is 31.3 Å². The molecule has 2 aromatic carbocycles. The number of nitrogens with zero attached hydrogens (tertiary/aromatic N) is 1. The van der Waals surface area contributed by atoms with Gasteiger partial charge in [-0.15, -0.1) is 0 Å². The highest BCUT2D eigenvalue weighted by atomic mass is 16.5. The number of ether oxygens (including phenoxy) is 2. The highest BCUT2D eigenvalue weighted by Gasteiger charge is 2.13. The van der Waals surface area contributed by atoms with Crippen molar-refractivity contribution in [2.24, 2.45) is 0 Å². The van der Waals surface area contributed by atoms with Crippen molar-refractivity contribution in [2.45, 2.75) is 12.2 Å². The van der Waals surface area contributed by atoms with Crippen LogP contribution in [0.3, 0.4) is 0 Å². The van der Waals surface area contributed by atoms with Gasteiger partial charge < -0.3 is 24.6 Å². The van der Waals surface area contributed by atoms with E-state index in [-0.39, 0.29) is 13.2 Å². The Morgan fingerprint density at radius 2 is 1.12 bits per heavy atom. The van der Waals surface area contributed by atoms with Gasteiger partial charge in [0.25, 0.3) is 0 Å². The second-order valence-electron chi connectivity index (χ2n) is 5.78. The molecule has 2 atom stereocenters. The minimum absolute atomic E-state index is 0.213. The number of aliphatic hydroxyl groups excluding tert-OH is 2. The van der Waals surface area contributed by atoms with Crippen molar-refractivity contribution >= 4 is 0 Å². The molecule has 24 heavy (non-hydrogen) atoms. The normalized spacial score (nSPS) is 13.5. The first-order valence-electron chi connectivity index (χ1n) is 8.04. The van der Waals surface area contributed by atoms with E-state index in [0.29, 0.717) is 13.1 Å². The van der Waals surface area contributed by atoms with Gasteiger partial charge in [-0.25, -0.2) is 0 Å². The molecule has 0 aliphatic heterocycles. The zero-order chi connectivity index (χ0) is 17.2. The molecule has 5 nitrogen and oxygen atoms in total. The Morgan fingerprint density at radius 3 is 1.50 bits per heavy atom. The van der Waals surface area contributed by atoms with Crippen LogP contribution in [0.25, 0.3) is 0 Å². The molecule has 0 saturated heterocycles. The molecular formula is C19H25NO4. The molecule has 0 saturated carbocycles. The molecule has 0 aliphatic carbocycles. The maximum Gasteiger partial charge on any atom is 0.119 e. The third-order valence-corrected chi connectivity index (χ3v) is 3.42. The number of para-hydroxylation sites is 2. The Labute approximate surface area is 143 Å². The zero-order valence-electron chi connectivity index (χ0n) is 13.9. The number of rotatable bonds is 10. The molecule has 0 fully saturated rings. The fourth-order valence-electron chi connectivity index (χ4n) is 2.32. The van der Waals surface area contributed by atoms with Gasteiger partial charge in [-0.3, -0.25) is 0 Å². The van der Waals surface area contributed by atoms with Crippen molar-refractivity contribution in [3.63, 3.8) is 0 Å². The van der Waals surface area contributed by atoms with Crippen molar-refractivity contribution in [1.29, 1.82) is 0 Å². The van der Waals surface area contributed by atoms with Crippen LogP contribution in [0.5, 0.6) is 11.5 Å². The summed E-state index contributed by atoms with van der Waals surface area (Å²) in [6.07, 6.45) is -1.25. The Morgan fingerprint density at radius 1 is 0.750 bits per heavy atom. The highest BCUT2D eigenvalue weighted by Crippen LogP contribution is 2.10. The molecular weight excluding hydrogens is 306 g/mol. The van der Waals surface area contributed by atoms with Crippen molar-refractivity contribution in [3.8, 4) is 11.5 Å². The molecule has 0 heterocycles. The highest BCUT2D eigenvalue weighted by molar-refractivity contribution is 5.21. The van der Waals surface area contributed by atoms with Crippen molar-refractivity contribution < 1.29 is 19.7 Å². The Balaban J connectivity index is 1.63. The molecule has 0 radical (unpaired) electrons. The summed E-state index contributed by atoms with van der Waals surface area (Å²) in [7, 11) is 1.84. The summed E-state index contributed by atoms with van der Waals surface area (Å²) in [5.41, 5.74) is 0. The van der Waals surface area contributed by atoms with Gasteiger partial charge in [-0.1, -0.05) is 36.4 Å². The molecule has 5 heteroatoms. The predicted molar refractivity (Wildman–Crippen MR) is 93.4 cm³/mol. The van der Waals surface area contributed by atoms with Crippen molar-refractivity contribution in [3.05, 3.63) is 60.7 Å². The zero-order valence-corrected chi connectivity index (χ0v) is 13.9. The van der Waals surface area contributed by atoms with E-state index in [0.717, 1.165) is 11.5 Å². The first kappa shape index (κ1) is 18.3. The maximum atomic E-state index is 10.0. The number of aliphatic hydroxyl groups is 2. The lowest BCUT2D eigenvalue weighted by molar-refractivity contribution is 0.0413. The molecule has 2 rings (SSSR count). The van der Waals surface area contributed by atoms with Gasteiger partial charge in [0.05, 0.1) is 0 Å². The average Bonchev–Trinajstić information content (AvgIpc) is 2.60. The Bertz CT molecular complexity index is 513. The molecule has 0 amide bonds. The van der Waals surface area contributed by atoms with E-state index in [1.807, 2.05) is 72.6 Å². The third kappa shape index (κ3) is 7.00. The lowest BCUT2D eigenvalue weighted by atomic mass is 10.3. The Hall–Kier alpha value is -2.08. The molecule has 2 aromatic rings. The van der Waals surface area contributed by atoms with Crippen molar-refractivity contribution in [1.82, 2.24) is 4.90 Å². The van der Waals surface area contributed by atoms with Crippen LogP contribution < -0.4 is 9.47 Å². The fraction of sp³-hybridized carbons (Fsp3) is 0.368. The monoisotopic (exact) mass is 331 g/mol. The van der Waals surface area contributed by atoms with Gasteiger partial charge >= 0.3 is 0 Å². The smallest absolute Gasteiger partial charge is 0.119 e. The summed E-state index contributed by atoms with van der Waals surface area (Å²) in [6, 6.07) is 18.8. The minimum Gasteiger partial charge on any atom is -0.491 e. The van der Waals surface area contributed by atoms with E-state index < -0.39 is 12.2 Å². The predicted octanol–water partition coefficient (Wildman–Crippen LogP) is 1.80. The summed E-state index contributed by atoms with van der Waals surface area (Å²) >= 11 is 0. The minimum atomic E-state index is -0.627. The van der Waals surface area contributed by atoms with Crippen LogP contribution >= 0.6 is 0 Å². The van der Waals surface area contributed by atoms with Gasteiger partial charge in [0.2, 0.25) is 0 Å². The molecule has 0 bridgehead atoms. The van der Waals surface area contributed by atoms with E-state index in [1.165, 1.54) is 0 Å². The second kappa shape index (κ2) is 9.93. The number of benzene rings is 2. The van der Waals surface area contributed by atoms with Gasteiger partial charge in [0.15, 0.2) is 0 Å². The topological polar surface area (TPSA) is 62.2 Å². The van der Waals surface area contributed by atoms with Crippen LogP contribution in [0.2, 0.25) is 0 Å². The quantitative estimate of drug-likeness (QED) is 0.695. The lowest BCUT2D eigenvalue weighted by Crippen LogP contribution is -2.39. The molecule has 0 aromatic heterocycles. The molecule has 130 valence electrons. The summed E-state index contributed by atoms with van der Waals surface area (Å²) in [4.78, 5) is 1.86. The summed E-state index contributed by atoms with van der Waals surface area (Å²) in [5, 5.41) is 20.0. The second-order valence-corrected chi connectivity index (χ2v) is 5.78. The van der Waals surface area contributed by atoms with E-state index in [1.54, 1.807) is 0 Å². The Kier molecular flexibility index (Phi) is 7.55. The lowest BCUT2D eigenvalue weighted by Gasteiger charge is -2.23. The van der Waals surface area contributed by atoms with Gasteiger partial charge in [-0.2, -0.15) is 0 Å². The van der Waals surface area contributed by atoms with Crippen LogP contribution in [0.15, 0.2) is 60.7 Å². The van der Waals surface area contributed by atoms with Crippen LogP contribution in [0.4, 0.5) is 0 Å². The molecule has 2 N–H and O–H groups in total. The molecule has 2 unspecified atom stereocenters. The SMILES string of the molecule is CN(CC(O)COc1ccccc1)CC(O)COc1ccccc1. The van der Waals surface area contributed by atoms with Crippen LogP contribution in [-0.2, 0) is 0 Å². The van der Waals surface area contributed by atoms with E-state index in [4.69, 9.17) is 9.47 Å². The van der Waals surface area contributed by atoms with Crippen molar-refractivity contribution in [2.75, 3.05) is 33.4 Å². The third-order valence-electron chi connectivity index (χ3n) is 3.42. The largest absolute Gasteiger partial charge is 0.491 e. The molecule has 0 spiro atoms. The van der Waals surface area contributed by atoms with E-state index >= 15 is 0 Å². The average molecular weight is 331 g/mol. The first-order valence-corrected chi connectivity index (χ1v) is 8.04. The maximum absolute atomic E-state index is 10.0.